The summed E-state index contributed by atoms with van der Waals surface area (Å²) in [4.78, 5) is 17.3. The molecule has 1 aromatic carbocycles. The van der Waals surface area contributed by atoms with E-state index < -0.39 is 6.55 Å². The number of carbonyl (C=O) groups excluding carboxylic acids is 1. The molecule has 106 valence electrons. The predicted octanol–water partition coefficient (Wildman–Crippen LogP) is 3.20. The lowest BCUT2D eigenvalue weighted by Gasteiger charge is -2.17. The van der Waals surface area contributed by atoms with Crippen LogP contribution in [0.2, 0.25) is 5.02 Å². The molecule has 0 saturated heterocycles. The number of hydrogen-bond acceptors (Lipinski definition) is 2. The van der Waals surface area contributed by atoms with Crippen molar-refractivity contribution < 1.29 is 13.6 Å². The summed E-state index contributed by atoms with van der Waals surface area (Å²) in [6.07, 6.45) is 2.46. The van der Waals surface area contributed by atoms with Crippen molar-refractivity contribution >= 4 is 17.5 Å². The van der Waals surface area contributed by atoms with Crippen LogP contribution in [0, 0.1) is 0 Å². The van der Waals surface area contributed by atoms with Crippen LogP contribution in [0.25, 0.3) is 0 Å². The molecule has 1 heterocycles. The van der Waals surface area contributed by atoms with Crippen LogP contribution < -0.4 is 0 Å². The number of halogens is 3. The van der Waals surface area contributed by atoms with E-state index in [1.807, 2.05) is 0 Å². The largest absolute Gasteiger partial charge is 0.334 e. The normalized spacial score (nSPS) is 10.8. The lowest BCUT2D eigenvalue weighted by atomic mass is 10.2. The van der Waals surface area contributed by atoms with Crippen molar-refractivity contribution in [1.82, 2.24) is 14.5 Å². The molecular weight excluding hydrogens is 288 g/mol. The fourth-order valence-electron chi connectivity index (χ4n) is 1.74. The molecule has 0 aliphatic carbocycles. The summed E-state index contributed by atoms with van der Waals surface area (Å²) < 4.78 is 26.1. The third-order valence-electron chi connectivity index (χ3n) is 2.78. The maximum atomic E-state index is 12.7. The molecular formula is C13H12ClF2N3O. The Labute approximate surface area is 119 Å². The molecule has 1 amide bonds. The zero-order valence-corrected chi connectivity index (χ0v) is 11.4. The fraction of sp³-hybridized carbons (Fsp3) is 0.231. The van der Waals surface area contributed by atoms with Gasteiger partial charge in [-0.15, -0.1) is 0 Å². The highest BCUT2D eigenvalue weighted by Crippen LogP contribution is 2.15. The van der Waals surface area contributed by atoms with Gasteiger partial charge < -0.3 is 4.90 Å². The highest BCUT2D eigenvalue weighted by Gasteiger charge is 2.17. The molecule has 0 spiro atoms. The maximum absolute atomic E-state index is 12.7. The van der Waals surface area contributed by atoms with Crippen molar-refractivity contribution in [2.24, 2.45) is 0 Å². The van der Waals surface area contributed by atoms with Gasteiger partial charge in [-0.3, -0.25) is 9.36 Å². The second-order valence-electron chi connectivity index (χ2n) is 4.20. The van der Waals surface area contributed by atoms with E-state index in [4.69, 9.17) is 11.6 Å². The summed E-state index contributed by atoms with van der Waals surface area (Å²) in [5.41, 5.74) is 0.437. The summed E-state index contributed by atoms with van der Waals surface area (Å²) in [5, 5.41) is 0.525. The molecule has 1 aromatic heterocycles. The number of imidazole rings is 1. The minimum atomic E-state index is -2.67. The molecule has 0 atom stereocenters. The lowest BCUT2D eigenvalue weighted by Crippen LogP contribution is -2.27. The predicted molar refractivity (Wildman–Crippen MR) is 70.7 cm³/mol. The molecule has 0 fully saturated rings. The minimum Gasteiger partial charge on any atom is -0.334 e. The second-order valence-corrected chi connectivity index (χ2v) is 4.63. The summed E-state index contributed by atoms with van der Waals surface area (Å²) in [7, 11) is 1.53. The van der Waals surface area contributed by atoms with Gasteiger partial charge in [0.2, 0.25) is 0 Å². The molecule has 0 saturated carbocycles. The van der Waals surface area contributed by atoms with E-state index in [1.54, 1.807) is 24.3 Å². The monoisotopic (exact) mass is 299 g/mol. The minimum absolute atomic E-state index is 0.00119. The van der Waals surface area contributed by atoms with E-state index in [2.05, 4.69) is 4.98 Å². The van der Waals surface area contributed by atoms with Gasteiger partial charge in [0.25, 0.3) is 5.91 Å². The smallest absolute Gasteiger partial charge is 0.319 e. The highest BCUT2D eigenvalue weighted by molar-refractivity contribution is 6.30. The van der Waals surface area contributed by atoms with Crippen molar-refractivity contribution in [2.75, 3.05) is 7.05 Å². The summed E-state index contributed by atoms with van der Waals surface area (Å²) in [6, 6.07) is 6.37. The third kappa shape index (κ3) is 3.14. The number of nitrogens with zero attached hydrogens (tertiary/aromatic N) is 3. The van der Waals surface area contributed by atoms with Gasteiger partial charge in [0, 0.05) is 30.0 Å². The van der Waals surface area contributed by atoms with Crippen molar-refractivity contribution in [1.29, 1.82) is 0 Å². The molecule has 0 aliphatic rings. The van der Waals surface area contributed by atoms with Gasteiger partial charge >= 0.3 is 6.55 Å². The van der Waals surface area contributed by atoms with Crippen molar-refractivity contribution in [2.45, 2.75) is 13.1 Å². The Balaban J connectivity index is 2.11. The fourth-order valence-corrected chi connectivity index (χ4v) is 1.87. The van der Waals surface area contributed by atoms with Crippen molar-refractivity contribution in [3.05, 3.63) is 53.1 Å². The van der Waals surface area contributed by atoms with Crippen molar-refractivity contribution in [3.8, 4) is 0 Å². The Morgan fingerprint density at radius 2 is 2.05 bits per heavy atom. The number of amides is 1. The first-order valence-corrected chi connectivity index (χ1v) is 6.17. The van der Waals surface area contributed by atoms with Gasteiger partial charge in [0.1, 0.15) is 5.82 Å². The van der Waals surface area contributed by atoms with Crippen LogP contribution in [0.3, 0.4) is 0 Å². The van der Waals surface area contributed by atoms with Gasteiger partial charge in [-0.1, -0.05) is 11.6 Å². The average Bonchev–Trinajstić information content (AvgIpc) is 2.87. The zero-order valence-electron chi connectivity index (χ0n) is 10.6. The molecule has 2 aromatic rings. The van der Waals surface area contributed by atoms with E-state index in [0.717, 1.165) is 4.57 Å². The van der Waals surface area contributed by atoms with Crippen LogP contribution in [0.4, 0.5) is 8.78 Å². The summed E-state index contributed by atoms with van der Waals surface area (Å²) in [6.45, 7) is -2.68. The summed E-state index contributed by atoms with van der Waals surface area (Å²) >= 11 is 5.75. The Morgan fingerprint density at radius 3 is 2.65 bits per heavy atom. The van der Waals surface area contributed by atoms with Gasteiger partial charge in [-0.05, 0) is 24.3 Å². The SMILES string of the molecule is CN(Cc1nccn1C(F)F)C(=O)c1ccc(Cl)cc1. The van der Waals surface area contributed by atoms with Gasteiger partial charge in [0.15, 0.2) is 0 Å². The lowest BCUT2D eigenvalue weighted by molar-refractivity contribution is 0.0612. The van der Waals surface area contributed by atoms with Gasteiger partial charge in [-0.2, -0.15) is 8.78 Å². The van der Waals surface area contributed by atoms with E-state index in [-0.39, 0.29) is 18.3 Å². The van der Waals surface area contributed by atoms with Crippen LogP contribution >= 0.6 is 11.6 Å². The molecule has 0 N–H and O–H groups in total. The molecule has 0 aliphatic heterocycles. The van der Waals surface area contributed by atoms with E-state index >= 15 is 0 Å². The number of benzene rings is 1. The molecule has 0 unspecified atom stereocenters. The molecule has 7 heteroatoms. The van der Waals surface area contributed by atoms with Crippen LogP contribution in [0.5, 0.6) is 0 Å². The first-order chi connectivity index (χ1) is 9.49. The molecule has 2 rings (SSSR count). The van der Waals surface area contributed by atoms with Crippen LogP contribution in [-0.2, 0) is 6.54 Å². The zero-order chi connectivity index (χ0) is 14.7. The van der Waals surface area contributed by atoms with E-state index in [1.165, 1.54) is 24.3 Å². The van der Waals surface area contributed by atoms with E-state index in [0.29, 0.717) is 10.6 Å². The summed E-state index contributed by atoms with van der Waals surface area (Å²) in [5.74, 6) is -0.157. The Hall–Kier alpha value is -1.95. The van der Waals surface area contributed by atoms with Crippen LogP contribution in [0.15, 0.2) is 36.7 Å². The standard InChI is InChI=1S/C13H12ClF2N3O/c1-18(8-11-17-6-7-19(11)13(15)16)12(20)9-2-4-10(14)5-3-9/h2-7,13H,8H2,1H3. The quantitative estimate of drug-likeness (QED) is 0.869. The Kier molecular flexibility index (Phi) is 4.34. The molecule has 0 bridgehead atoms. The number of alkyl halides is 2. The van der Waals surface area contributed by atoms with E-state index in [9.17, 15) is 13.6 Å². The Morgan fingerprint density at radius 1 is 1.40 bits per heavy atom. The van der Waals surface area contributed by atoms with Gasteiger partial charge in [-0.25, -0.2) is 4.98 Å². The van der Waals surface area contributed by atoms with Crippen molar-refractivity contribution in [3.63, 3.8) is 0 Å². The topological polar surface area (TPSA) is 38.1 Å². The molecule has 20 heavy (non-hydrogen) atoms. The average molecular weight is 300 g/mol. The number of rotatable bonds is 4. The number of aromatic nitrogens is 2. The van der Waals surface area contributed by atoms with Gasteiger partial charge in [0.05, 0.1) is 6.54 Å². The number of hydrogen-bond donors (Lipinski definition) is 0. The third-order valence-corrected chi connectivity index (χ3v) is 3.03. The highest BCUT2D eigenvalue weighted by atomic mass is 35.5. The Bertz CT molecular complexity index is 598. The maximum Gasteiger partial charge on any atom is 0.319 e. The van der Waals surface area contributed by atoms with Crippen LogP contribution in [0.1, 0.15) is 22.7 Å². The first-order valence-electron chi connectivity index (χ1n) is 5.80. The first kappa shape index (κ1) is 14.5. The number of carbonyl (C=O) groups is 1. The second kappa shape index (κ2) is 6.00. The van der Waals surface area contributed by atoms with Crippen LogP contribution in [-0.4, -0.2) is 27.4 Å². The molecule has 0 radical (unpaired) electrons. The molecule has 4 nitrogen and oxygen atoms in total.